The van der Waals surface area contributed by atoms with E-state index < -0.39 is 30.4 Å². The summed E-state index contributed by atoms with van der Waals surface area (Å²) in [4.78, 5) is 33.5. The second kappa shape index (κ2) is 6.44. The van der Waals surface area contributed by atoms with Gasteiger partial charge in [-0.3, -0.25) is 4.79 Å². The summed E-state index contributed by atoms with van der Waals surface area (Å²) in [5.74, 6) is -2.68. The summed E-state index contributed by atoms with van der Waals surface area (Å²) >= 11 is 0. The molecule has 90 valence electrons. The molecule has 7 nitrogen and oxygen atoms in total. The Morgan fingerprint density at radius 1 is 1.44 bits per heavy atom. The zero-order valence-corrected chi connectivity index (χ0v) is 8.84. The molecular weight excluding hydrogens is 216 g/mol. The summed E-state index contributed by atoms with van der Waals surface area (Å²) in [5, 5.41) is 19.2. The number of hydrogen-bond acceptors (Lipinski definition) is 3. The molecule has 0 radical (unpaired) electrons. The lowest BCUT2D eigenvalue weighted by Gasteiger charge is -2.19. The number of nitrogens with one attached hydrogen (secondary N) is 1. The van der Waals surface area contributed by atoms with Crippen LogP contribution in [0.1, 0.15) is 6.42 Å². The molecule has 0 spiro atoms. The van der Waals surface area contributed by atoms with E-state index in [0.717, 1.165) is 0 Å². The molecule has 0 aromatic carbocycles. The van der Waals surface area contributed by atoms with Gasteiger partial charge in [-0.1, -0.05) is 6.08 Å². The van der Waals surface area contributed by atoms with E-state index in [9.17, 15) is 14.4 Å². The Balaban J connectivity index is 4.39. The van der Waals surface area contributed by atoms with Crippen LogP contribution in [-0.2, 0) is 9.59 Å². The zero-order chi connectivity index (χ0) is 12.7. The number of carbonyl (C=O) groups excluding carboxylic acids is 1. The van der Waals surface area contributed by atoms with Crippen molar-refractivity contribution in [3.05, 3.63) is 12.7 Å². The standard InChI is InChI=1S/C9H14N2O5/c1-3-4-11(2)9(16)10-6(8(14)15)5-7(12)13/h3,6H,1,4-5H2,2H3,(H,10,16)(H,12,13)(H,14,15)/t6-/m1/s1. The molecule has 2 amide bonds. The molecule has 16 heavy (non-hydrogen) atoms. The van der Waals surface area contributed by atoms with Crippen LogP contribution >= 0.6 is 0 Å². The fourth-order valence-corrected chi connectivity index (χ4v) is 0.911. The maximum absolute atomic E-state index is 11.3. The molecule has 0 saturated heterocycles. The van der Waals surface area contributed by atoms with Crippen LogP contribution in [0.5, 0.6) is 0 Å². The van der Waals surface area contributed by atoms with E-state index in [4.69, 9.17) is 10.2 Å². The van der Waals surface area contributed by atoms with Crippen LogP contribution in [0.15, 0.2) is 12.7 Å². The van der Waals surface area contributed by atoms with Crippen LogP contribution in [0.2, 0.25) is 0 Å². The highest BCUT2D eigenvalue weighted by Gasteiger charge is 2.23. The van der Waals surface area contributed by atoms with Crippen LogP contribution in [0.3, 0.4) is 0 Å². The third-order valence-electron chi connectivity index (χ3n) is 1.72. The minimum Gasteiger partial charge on any atom is -0.481 e. The summed E-state index contributed by atoms with van der Waals surface area (Å²) in [6.45, 7) is 3.65. The number of likely N-dealkylation sites (N-methyl/N-ethyl adjacent to an activating group) is 1. The highest BCUT2D eigenvalue weighted by atomic mass is 16.4. The van der Waals surface area contributed by atoms with E-state index in [1.807, 2.05) is 0 Å². The quantitative estimate of drug-likeness (QED) is 0.545. The number of hydrogen-bond donors (Lipinski definition) is 3. The Bertz CT molecular complexity index is 302. The first kappa shape index (κ1) is 13.9. The SMILES string of the molecule is C=CCN(C)C(=O)N[C@H](CC(=O)O)C(=O)O. The number of amides is 2. The third kappa shape index (κ3) is 4.99. The maximum Gasteiger partial charge on any atom is 0.326 e. The number of nitrogens with zero attached hydrogens (tertiary/aromatic N) is 1. The number of carboxylic acid groups (broad SMARTS) is 2. The molecule has 0 unspecified atom stereocenters. The molecule has 0 aliphatic carbocycles. The van der Waals surface area contributed by atoms with Crippen LogP contribution in [0.25, 0.3) is 0 Å². The highest BCUT2D eigenvalue weighted by molar-refractivity contribution is 5.86. The predicted octanol–water partition coefficient (Wildman–Crippen LogP) is -0.258. The minimum atomic E-state index is -1.43. The van der Waals surface area contributed by atoms with E-state index in [1.54, 1.807) is 0 Å². The molecule has 0 rings (SSSR count). The van der Waals surface area contributed by atoms with Gasteiger partial charge in [0.25, 0.3) is 0 Å². The number of carboxylic acids is 2. The molecule has 0 fully saturated rings. The van der Waals surface area contributed by atoms with Gasteiger partial charge in [-0.05, 0) is 0 Å². The van der Waals surface area contributed by atoms with Gasteiger partial charge in [0.2, 0.25) is 0 Å². The van der Waals surface area contributed by atoms with Crippen molar-refractivity contribution in [1.82, 2.24) is 10.2 Å². The smallest absolute Gasteiger partial charge is 0.326 e. The fourth-order valence-electron chi connectivity index (χ4n) is 0.911. The summed E-state index contributed by atoms with van der Waals surface area (Å²) in [5.41, 5.74) is 0. The molecule has 0 aliphatic heterocycles. The van der Waals surface area contributed by atoms with Gasteiger partial charge in [-0.15, -0.1) is 6.58 Å². The van der Waals surface area contributed by atoms with Gasteiger partial charge in [0.1, 0.15) is 6.04 Å². The predicted molar refractivity (Wildman–Crippen MR) is 55.0 cm³/mol. The number of carbonyl (C=O) groups is 3. The van der Waals surface area contributed by atoms with Crippen molar-refractivity contribution >= 4 is 18.0 Å². The first-order valence-corrected chi connectivity index (χ1v) is 4.45. The second-order valence-corrected chi connectivity index (χ2v) is 3.11. The van der Waals surface area contributed by atoms with Crippen LogP contribution in [0.4, 0.5) is 4.79 Å². The molecule has 1 atom stereocenters. The lowest BCUT2D eigenvalue weighted by Crippen LogP contribution is -2.47. The number of urea groups is 1. The highest BCUT2D eigenvalue weighted by Crippen LogP contribution is 1.95. The van der Waals surface area contributed by atoms with Crippen molar-refractivity contribution in [3.8, 4) is 0 Å². The van der Waals surface area contributed by atoms with Gasteiger partial charge in [0, 0.05) is 13.6 Å². The fraction of sp³-hybridized carbons (Fsp3) is 0.444. The molecule has 0 bridgehead atoms. The maximum atomic E-state index is 11.3. The molecule has 0 aromatic rings. The molecule has 0 aliphatic rings. The number of rotatable bonds is 6. The van der Waals surface area contributed by atoms with Crippen LogP contribution in [0, 0.1) is 0 Å². The normalized spacial score (nSPS) is 11.3. The lowest BCUT2D eigenvalue weighted by atomic mass is 10.2. The van der Waals surface area contributed by atoms with Crippen molar-refractivity contribution in [1.29, 1.82) is 0 Å². The Morgan fingerprint density at radius 2 is 2.00 bits per heavy atom. The van der Waals surface area contributed by atoms with E-state index in [-0.39, 0.29) is 6.54 Å². The van der Waals surface area contributed by atoms with Crippen molar-refractivity contribution in [2.45, 2.75) is 12.5 Å². The Hall–Kier alpha value is -2.05. The van der Waals surface area contributed by atoms with E-state index >= 15 is 0 Å². The van der Waals surface area contributed by atoms with Crippen molar-refractivity contribution in [3.63, 3.8) is 0 Å². The molecule has 3 N–H and O–H groups in total. The Morgan fingerprint density at radius 3 is 2.38 bits per heavy atom. The van der Waals surface area contributed by atoms with Crippen LogP contribution in [-0.4, -0.2) is 52.7 Å². The second-order valence-electron chi connectivity index (χ2n) is 3.11. The molecular formula is C9H14N2O5. The molecule has 0 saturated carbocycles. The average Bonchev–Trinajstić information content (AvgIpc) is 2.16. The molecule has 0 aromatic heterocycles. The topological polar surface area (TPSA) is 107 Å². The van der Waals surface area contributed by atoms with Crippen LogP contribution < -0.4 is 5.32 Å². The minimum absolute atomic E-state index is 0.241. The Kier molecular flexibility index (Phi) is 5.61. The average molecular weight is 230 g/mol. The van der Waals surface area contributed by atoms with Gasteiger partial charge >= 0.3 is 18.0 Å². The van der Waals surface area contributed by atoms with Crippen molar-refractivity contribution < 1.29 is 24.6 Å². The Labute approximate surface area is 92.4 Å². The third-order valence-corrected chi connectivity index (χ3v) is 1.72. The summed E-state index contributed by atoms with van der Waals surface area (Å²) in [6, 6.07) is -2.09. The summed E-state index contributed by atoms with van der Waals surface area (Å²) in [7, 11) is 1.44. The molecule has 0 heterocycles. The first-order chi connectivity index (χ1) is 7.38. The van der Waals surface area contributed by atoms with Gasteiger partial charge in [-0.25, -0.2) is 9.59 Å². The monoisotopic (exact) mass is 230 g/mol. The van der Waals surface area contributed by atoms with Gasteiger partial charge in [0.15, 0.2) is 0 Å². The lowest BCUT2D eigenvalue weighted by molar-refractivity contribution is -0.145. The first-order valence-electron chi connectivity index (χ1n) is 4.45. The largest absolute Gasteiger partial charge is 0.481 e. The van der Waals surface area contributed by atoms with Gasteiger partial charge in [-0.2, -0.15) is 0 Å². The van der Waals surface area contributed by atoms with E-state index in [0.29, 0.717) is 0 Å². The van der Waals surface area contributed by atoms with E-state index in [1.165, 1.54) is 18.0 Å². The summed E-state index contributed by atoms with van der Waals surface area (Å²) in [6.07, 6.45) is 0.801. The van der Waals surface area contributed by atoms with E-state index in [2.05, 4.69) is 11.9 Å². The van der Waals surface area contributed by atoms with Gasteiger partial charge in [0.05, 0.1) is 6.42 Å². The number of aliphatic carboxylic acids is 2. The van der Waals surface area contributed by atoms with Crippen molar-refractivity contribution in [2.24, 2.45) is 0 Å². The summed E-state index contributed by atoms with van der Waals surface area (Å²) < 4.78 is 0. The molecule has 7 heteroatoms. The van der Waals surface area contributed by atoms with Gasteiger partial charge < -0.3 is 20.4 Å². The van der Waals surface area contributed by atoms with Crippen molar-refractivity contribution in [2.75, 3.05) is 13.6 Å². The zero-order valence-electron chi connectivity index (χ0n) is 8.84.